The lowest BCUT2D eigenvalue weighted by atomic mass is 9.76. The first-order valence-electron chi connectivity index (χ1n) is 17.3. The maximum atomic E-state index is 13.9. The summed E-state index contributed by atoms with van der Waals surface area (Å²) in [6, 6.07) is 0. The van der Waals surface area contributed by atoms with Gasteiger partial charge in [0.2, 0.25) is 0 Å². The van der Waals surface area contributed by atoms with Crippen LogP contribution in [0.2, 0.25) is 0 Å². The fourth-order valence-corrected chi connectivity index (χ4v) is 7.69. The van der Waals surface area contributed by atoms with Gasteiger partial charge in [0, 0.05) is 30.5 Å². The molecule has 0 aromatic carbocycles. The molecule has 2 saturated heterocycles. The molecule has 0 aromatic heterocycles. The summed E-state index contributed by atoms with van der Waals surface area (Å²) in [5.41, 5.74) is -1.29. The first-order chi connectivity index (χ1) is 18.5. The van der Waals surface area contributed by atoms with Gasteiger partial charge in [0.05, 0.1) is 0 Å². The molecule has 2 rings (SSSR count). The van der Waals surface area contributed by atoms with E-state index in [0.29, 0.717) is 0 Å². The smallest absolute Gasteiger partial charge is 0.256 e. The monoisotopic (exact) mass is 549 g/mol. The van der Waals surface area contributed by atoms with E-state index in [-0.39, 0.29) is 17.0 Å². The predicted molar refractivity (Wildman–Crippen MR) is 168 cm³/mol. The number of amides is 1. The van der Waals surface area contributed by atoms with E-state index in [1.54, 1.807) is 0 Å². The summed E-state index contributed by atoms with van der Waals surface area (Å²) in [6.45, 7) is 16.5. The standard InChI is InChI=1S/C35H68N2O2/c1-8-10-12-13-14-15-16-17-18-19-20-21-22-23-24-26-28-37-31(38)34(7,27-25-11-9-2)39-35(37)29-32(3,4)36-33(5,6)30-35/h36H,8-30H2,1-7H3. The lowest BCUT2D eigenvalue weighted by Gasteiger charge is -2.53. The summed E-state index contributed by atoms with van der Waals surface area (Å²) >= 11 is 0. The van der Waals surface area contributed by atoms with Gasteiger partial charge >= 0.3 is 0 Å². The molecule has 4 nitrogen and oxygen atoms in total. The van der Waals surface area contributed by atoms with Gasteiger partial charge in [-0.3, -0.25) is 4.79 Å². The zero-order valence-electron chi connectivity index (χ0n) is 27.5. The van der Waals surface area contributed by atoms with Gasteiger partial charge in [-0.15, -0.1) is 0 Å². The van der Waals surface area contributed by atoms with E-state index in [1.807, 2.05) is 0 Å². The van der Waals surface area contributed by atoms with Crippen LogP contribution in [0.3, 0.4) is 0 Å². The topological polar surface area (TPSA) is 41.6 Å². The molecule has 0 saturated carbocycles. The van der Waals surface area contributed by atoms with Crippen molar-refractivity contribution in [1.82, 2.24) is 10.2 Å². The summed E-state index contributed by atoms with van der Waals surface area (Å²) in [5.74, 6) is 0.244. The number of carbonyl (C=O) groups is 1. The van der Waals surface area contributed by atoms with Crippen molar-refractivity contribution in [3.05, 3.63) is 0 Å². The summed E-state index contributed by atoms with van der Waals surface area (Å²) in [6.07, 6.45) is 27.9. The summed E-state index contributed by atoms with van der Waals surface area (Å²) < 4.78 is 6.94. The number of ether oxygens (including phenoxy) is 1. The highest BCUT2D eigenvalue weighted by Crippen LogP contribution is 2.49. The van der Waals surface area contributed by atoms with Crippen LogP contribution < -0.4 is 5.32 Å². The van der Waals surface area contributed by atoms with Crippen molar-refractivity contribution in [1.29, 1.82) is 0 Å². The quantitative estimate of drug-likeness (QED) is 0.145. The molecule has 0 aliphatic carbocycles. The van der Waals surface area contributed by atoms with Crippen molar-refractivity contribution in [2.45, 2.75) is 212 Å². The van der Waals surface area contributed by atoms with Crippen LogP contribution in [0.15, 0.2) is 0 Å². The van der Waals surface area contributed by atoms with Gasteiger partial charge in [0.1, 0.15) is 11.3 Å². The highest BCUT2D eigenvalue weighted by molar-refractivity contribution is 5.87. The van der Waals surface area contributed by atoms with Crippen LogP contribution in [0.25, 0.3) is 0 Å². The second-order valence-corrected chi connectivity index (χ2v) is 14.7. The van der Waals surface area contributed by atoms with Gasteiger partial charge in [-0.25, -0.2) is 0 Å². The highest BCUT2D eigenvalue weighted by Gasteiger charge is 2.62. The number of carbonyl (C=O) groups excluding carboxylic acids is 1. The third-order valence-electron chi connectivity index (χ3n) is 9.21. The number of rotatable bonds is 21. The van der Waals surface area contributed by atoms with Crippen LogP contribution in [0.1, 0.15) is 190 Å². The van der Waals surface area contributed by atoms with Crippen LogP contribution in [-0.4, -0.2) is 39.8 Å². The van der Waals surface area contributed by atoms with Gasteiger partial charge in [0.15, 0.2) is 0 Å². The van der Waals surface area contributed by atoms with Crippen LogP contribution >= 0.6 is 0 Å². The normalized spacial score (nSPS) is 23.7. The summed E-state index contributed by atoms with van der Waals surface area (Å²) in [5, 5.41) is 3.80. The van der Waals surface area contributed by atoms with E-state index < -0.39 is 11.3 Å². The number of hydrogen-bond acceptors (Lipinski definition) is 3. The van der Waals surface area contributed by atoms with Gasteiger partial charge in [-0.1, -0.05) is 129 Å². The SMILES string of the molecule is CCCCCCCCCCCCCCCCCCN1C(=O)C(C)(CCCCC)OC12CC(C)(C)NC(C)(C)C2. The maximum absolute atomic E-state index is 13.9. The molecule has 0 aromatic rings. The van der Waals surface area contributed by atoms with Crippen molar-refractivity contribution in [3.8, 4) is 0 Å². The van der Waals surface area contributed by atoms with Gasteiger partial charge < -0.3 is 15.0 Å². The Labute approximate surface area is 244 Å². The van der Waals surface area contributed by atoms with E-state index >= 15 is 0 Å². The summed E-state index contributed by atoms with van der Waals surface area (Å²) in [4.78, 5) is 16.1. The zero-order valence-corrected chi connectivity index (χ0v) is 27.5. The lowest BCUT2D eigenvalue weighted by Crippen LogP contribution is -2.67. The molecular formula is C35H68N2O2. The summed E-state index contributed by atoms with van der Waals surface area (Å²) in [7, 11) is 0. The number of piperidine rings is 1. The Balaban J connectivity index is 1.72. The van der Waals surface area contributed by atoms with E-state index in [1.165, 1.54) is 103 Å². The molecule has 1 N–H and O–H groups in total. The lowest BCUT2D eigenvalue weighted by molar-refractivity contribution is -0.182. The van der Waals surface area contributed by atoms with E-state index in [0.717, 1.165) is 45.1 Å². The Bertz CT molecular complexity index is 672. The van der Waals surface area contributed by atoms with E-state index in [4.69, 9.17) is 4.74 Å². The Morgan fingerprint density at radius 2 is 1.00 bits per heavy atom. The average Bonchev–Trinajstić information content (AvgIpc) is 3.01. The molecule has 39 heavy (non-hydrogen) atoms. The van der Waals surface area contributed by atoms with Crippen molar-refractivity contribution in [3.63, 3.8) is 0 Å². The first-order valence-corrected chi connectivity index (χ1v) is 17.3. The zero-order chi connectivity index (χ0) is 28.8. The Kier molecular flexibility index (Phi) is 14.8. The molecule has 1 amide bonds. The van der Waals surface area contributed by atoms with Crippen LogP contribution in [-0.2, 0) is 9.53 Å². The molecule has 2 aliphatic heterocycles. The highest BCUT2D eigenvalue weighted by atomic mass is 16.6. The molecule has 2 heterocycles. The fraction of sp³-hybridized carbons (Fsp3) is 0.971. The number of nitrogens with zero attached hydrogens (tertiary/aromatic N) is 1. The average molecular weight is 549 g/mol. The first kappa shape index (κ1) is 34.6. The molecule has 1 unspecified atom stereocenters. The maximum Gasteiger partial charge on any atom is 0.256 e. The molecule has 2 fully saturated rings. The van der Waals surface area contributed by atoms with Crippen LogP contribution in [0.4, 0.5) is 0 Å². The molecule has 0 bridgehead atoms. The molecule has 4 heteroatoms. The molecule has 2 aliphatic rings. The molecular weight excluding hydrogens is 480 g/mol. The van der Waals surface area contributed by atoms with Crippen LogP contribution in [0, 0.1) is 0 Å². The number of hydrogen-bond donors (Lipinski definition) is 1. The van der Waals surface area contributed by atoms with Crippen LogP contribution in [0.5, 0.6) is 0 Å². The van der Waals surface area contributed by atoms with Crippen molar-refractivity contribution < 1.29 is 9.53 Å². The van der Waals surface area contributed by atoms with Gasteiger partial charge in [-0.2, -0.15) is 0 Å². The number of unbranched alkanes of at least 4 members (excludes halogenated alkanes) is 17. The fourth-order valence-electron chi connectivity index (χ4n) is 7.69. The van der Waals surface area contributed by atoms with Crippen molar-refractivity contribution in [2.24, 2.45) is 0 Å². The third kappa shape index (κ3) is 11.7. The number of nitrogens with one attached hydrogen (secondary N) is 1. The Hall–Kier alpha value is -0.610. The molecule has 0 radical (unpaired) electrons. The van der Waals surface area contributed by atoms with Gasteiger partial charge in [-0.05, 0) is 47.5 Å². The Morgan fingerprint density at radius 1 is 0.615 bits per heavy atom. The van der Waals surface area contributed by atoms with E-state index in [2.05, 4.69) is 58.7 Å². The minimum atomic E-state index is -0.673. The van der Waals surface area contributed by atoms with Gasteiger partial charge in [0.25, 0.3) is 5.91 Å². The second-order valence-electron chi connectivity index (χ2n) is 14.7. The second kappa shape index (κ2) is 16.7. The minimum Gasteiger partial charge on any atom is -0.339 e. The largest absolute Gasteiger partial charge is 0.339 e. The molecule has 1 spiro atoms. The predicted octanol–water partition coefficient (Wildman–Crippen LogP) is 10.1. The van der Waals surface area contributed by atoms with E-state index in [9.17, 15) is 4.79 Å². The Morgan fingerprint density at radius 3 is 1.44 bits per heavy atom. The van der Waals surface area contributed by atoms with Crippen molar-refractivity contribution >= 4 is 5.91 Å². The molecule has 1 atom stereocenters. The van der Waals surface area contributed by atoms with Crippen molar-refractivity contribution in [2.75, 3.05) is 6.54 Å². The molecule has 230 valence electrons. The third-order valence-corrected chi connectivity index (χ3v) is 9.21. The minimum absolute atomic E-state index is 0.0659.